The zero-order valence-corrected chi connectivity index (χ0v) is 11.6. The third-order valence-corrected chi connectivity index (χ3v) is 3.38. The van der Waals surface area contributed by atoms with E-state index in [2.05, 4.69) is 26.6 Å². The standard InChI is InChI=1S/C9H13BrN2OS.ClH/c1-11-3-2-9(13)12-5-8-4-7(10)6-14-8;/h4,6,11H,2-3,5H2,1H3,(H,12,13);1H. The molecule has 1 heterocycles. The maximum atomic E-state index is 11.2. The van der Waals surface area contributed by atoms with E-state index in [0.29, 0.717) is 13.0 Å². The lowest BCUT2D eigenvalue weighted by Gasteiger charge is -2.02. The summed E-state index contributed by atoms with van der Waals surface area (Å²) in [5.41, 5.74) is 0. The summed E-state index contributed by atoms with van der Waals surface area (Å²) in [6.45, 7) is 1.35. The van der Waals surface area contributed by atoms with Gasteiger partial charge in [0.25, 0.3) is 0 Å². The van der Waals surface area contributed by atoms with Gasteiger partial charge in [0.2, 0.25) is 5.91 Å². The van der Waals surface area contributed by atoms with E-state index in [1.54, 1.807) is 11.3 Å². The fourth-order valence-electron chi connectivity index (χ4n) is 0.959. The summed E-state index contributed by atoms with van der Waals surface area (Å²) in [5, 5.41) is 7.80. The van der Waals surface area contributed by atoms with Crippen LogP contribution in [0.3, 0.4) is 0 Å². The van der Waals surface area contributed by atoms with E-state index < -0.39 is 0 Å². The molecule has 0 aliphatic carbocycles. The third kappa shape index (κ3) is 6.14. The number of nitrogens with one attached hydrogen (secondary N) is 2. The molecule has 1 rings (SSSR count). The Labute approximate surface area is 108 Å². The Morgan fingerprint density at radius 1 is 1.60 bits per heavy atom. The lowest BCUT2D eigenvalue weighted by Crippen LogP contribution is -2.25. The van der Waals surface area contributed by atoms with Crippen LogP contribution in [0.2, 0.25) is 0 Å². The molecule has 1 aromatic rings. The van der Waals surface area contributed by atoms with E-state index in [1.807, 2.05) is 18.5 Å². The highest BCUT2D eigenvalue weighted by molar-refractivity contribution is 9.10. The van der Waals surface area contributed by atoms with Crippen molar-refractivity contribution in [2.75, 3.05) is 13.6 Å². The van der Waals surface area contributed by atoms with Gasteiger partial charge in [-0.25, -0.2) is 0 Å². The zero-order valence-electron chi connectivity index (χ0n) is 8.38. The average molecular weight is 314 g/mol. The zero-order chi connectivity index (χ0) is 10.4. The molecule has 0 atom stereocenters. The lowest BCUT2D eigenvalue weighted by atomic mass is 10.4. The summed E-state index contributed by atoms with van der Waals surface area (Å²) in [6.07, 6.45) is 0.531. The topological polar surface area (TPSA) is 41.1 Å². The Bertz CT molecular complexity index is 306. The predicted octanol–water partition coefficient (Wildman–Crippen LogP) is 2.16. The van der Waals surface area contributed by atoms with Crippen LogP contribution in [0.5, 0.6) is 0 Å². The summed E-state index contributed by atoms with van der Waals surface area (Å²) in [4.78, 5) is 12.4. The van der Waals surface area contributed by atoms with Crippen molar-refractivity contribution in [2.24, 2.45) is 0 Å². The second-order valence-corrected chi connectivity index (χ2v) is 4.77. The first-order valence-electron chi connectivity index (χ1n) is 4.36. The molecule has 6 heteroatoms. The molecule has 2 N–H and O–H groups in total. The van der Waals surface area contributed by atoms with Crippen molar-refractivity contribution >= 4 is 45.6 Å². The molecule has 15 heavy (non-hydrogen) atoms. The van der Waals surface area contributed by atoms with Crippen molar-refractivity contribution in [1.82, 2.24) is 10.6 Å². The number of hydrogen-bond donors (Lipinski definition) is 2. The number of amides is 1. The second-order valence-electron chi connectivity index (χ2n) is 2.86. The number of halogens is 2. The normalized spacial score (nSPS) is 9.47. The van der Waals surface area contributed by atoms with Gasteiger partial charge in [0, 0.05) is 27.7 Å². The maximum Gasteiger partial charge on any atom is 0.221 e. The number of hydrogen-bond acceptors (Lipinski definition) is 3. The van der Waals surface area contributed by atoms with Gasteiger partial charge in [-0.15, -0.1) is 23.7 Å². The molecule has 0 fully saturated rings. The maximum absolute atomic E-state index is 11.2. The van der Waals surface area contributed by atoms with Crippen LogP contribution in [-0.4, -0.2) is 19.5 Å². The van der Waals surface area contributed by atoms with Gasteiger partial charge in [-0.05, 0) is 29.0 Å². The average Bonchev–Trinajstić information content (AvgIpc) is 2.58. The molecule has 0 bridgehead atoms. The summed E-state index contributed by atoms with van der Waals surface area (Å²) >= 11 is 5.01. The van der Waals surface area contributed by atoms with Gasteiger partial charge in [-0.1, -0.05) is 0 Å². The molecule has 0 unspecified atom stereocenters. The van der Waals surface area contributed by atoms with E-state index in [0.717, 1.165) is 15.9 Å². The fraction of sp³-hybridized carbons (Fsp3) is 0.444. The number of thiophene rings is 1. The monoisotopic (exact) mass is 312 g/mol. The Morgan fingerprint density at radius 3 is 2.87 bits per heavy atom. The minimum Gasteiger partial charge on any atom is -0.351 e. The first-order chi connectivity index (χ1) is 6.72. The van der Waals surface area contributed by atoms with Crippen LogP contribution in [0.1, 0.15) is 11.3 Å². The van der Waals surface area contributed by atoms with Gasteiger partial charge < -0.3 is 10.6 Å². The van der Waals surface area contributed by atoms with E-state index in [-0.39, 0.29) is 18.3 Å². The van der Waals surface area contributed by atoms with Crippen molar-refractivity contribution in [3.05, 3.63) is 20.8 Å². The Hall–Kier alpha value is -0.100. The molecule has 0 aliphatic heterocycles. The van der Waals surface area contributed by atoms with E-state index in [9.17, 15) is 4.79 Å². The van der Waals surface area contributed by atoms with Crippen LogP contribution < -0.4 is 10.6 Å². The van der Waals surface area contributed by atoms with Crippen LogP contribution >= 0.6 is 39.7 Å². The largest absolute Gasteiger partial charge is 0.351 e. The van der Waals surface area contributed by atoms with Gasteiger partial charge in [0.05, 0.1) is 6.54 Å². The Kier molecular flexibility index (Phi) is 8.04. The molecule has 0 aromatic carbocycles. The summed E-state index contributed by atoms with van der Waals surface area (Å²) in [5.74, 6) is 0.0869. The Balaban J connectivity index is 0.00000196. The highest BCUT2D eigenvalue weighted by Gasteiger charge is 2.01. The molecular weight excluding hydrogens is 300 g/mol. The summed E-state index contributed by atoms with van der Waals surface area (Å²) in [7, 11) is 1.84. The van der Waals surface area contributed by atoms with Gasteiger partial charge in [-0.3, -0.25) is 4.79 Å². The van der Waals surface area contributed by atoms with Gasteiger partial charge in [0.1, 0.15) is 0 Å². The number of carbonyl (C=O) groups excluding carboxylic acids is 1. The molecule has 3 nitrogen and oxygen atoms in total. The minimum atomic E-state index is 0. The first kappa shape index (κ1) is 14.9. The predicted molar refractivity (Wildman–Crippen MR) is 69.7 cm³/mol. The van der Waals surface area contributed by atoms with Crippen LogP contribution in [0, 0.1) is 0 Å². The van der Waals surface area contributed by atoms with Crippen LogP contribution in [0.15, 0.2) is 15.9 Å². The van der Waals surface area contributed by atoms with Crippen molar-refractivity contribution in [2.45, 2.75) is 13.0 Å². The van der Waals surface area contributed by atoms with Crippen molar-refractivity contribution in [1.29, 1.82) is 0 Å². The van der Waals surface area contributed by atoms with Gasteiger partial charge >= 0.3 is 0 Å². The van der Waals surface area contributed by atoms with E-state index >= 15 is 0 Å². The molecule has 0 aliphatic rings. The summed E-state index contributed by atoms with van der Waals surface area (Å²) < 4.78 is 1.07. The van der Waals surface area contributed by atoms with Crippen LogP contribution in [-0.2, 0) is 11.3 Å². The van der Waals surface area contributed by atoms with Crippen molar-refractivity contribution < 1.29 is 4.79 Å². The smallest absolute Gasteiger partial charge is 0.221 e. The minimum absolute atomic E-state index is 0. The van der Waals surface area contributed by atoms with E-state index in [1.165, 1.54) is 0 Å². The van der Waals surface area contributed by atoms with Gasteiger partial charge in [0.15, 0.2) is 0 Å². The van der Waals surface area contributed by atoms with Crippen molar-refractivity contribution in [3.63, 3.8) is 0 Å². The SMILES string of the molecule is CNCCC(=O)NCc1cc(Br)cs1.Cl. The fourth-order valence-corrected chi connectivity index (χ4v) is 2.35. The van der Waals surface area contributed by atoms with Crippen LogP contribution in [0.4, 0.5) is 0 Å². The van der Waals surface area contributed by atoms with Crippen LogP contribution in [0.25, 0.3) is 0 Å². The molecule has 0 saturated heterocycles. The lowest BCUT2D eigenvalue weighted by molar-refractivity contribution is -0.121. The highest BCUT2D eigenvalue weighted by atomic mass is 79.9. The van der Waals surface area contributed by atoms with E-state index in [4.69, 9.17) is 0 Å². The second kappa shape index (κ2) is 8.10. The molecule has 1 aromatic heterocycles. The quantitative estimate of drug-likeness (QED) is 0.874. The number of rotatable bonds is 5. The van der Waals surface area contributed by atoms with Gasteiger partial charge in [-0.2, -0.15) is 0 Å². The number of carbonyl (C=O) groups is 1. The Morgan fingerprint density at radius 2 is 2.33 bits per heavy atom. The highest BCUT2D eigenvalue weighted by Crippen LogP contribution is 2.19. The molecule has 0 saturated carbocycles. The molecule has 0 spiro atoms. The van der Waals surface area contributed by atoms with Crippen molar-refractivity contribution in [3.8, 4) is 0 Å². The first-order valence-corrected chi connectivity index (χ1v) is 6.04. The summed E-state index contributed by atoms with van der Waals surface area (Å²) in [6, 6.07) is 2.02. The molecule has 1 amide bonds. The molecule has 0 radical (unpaired) electrons. The third-order valence-electron chi connectivity index (χ3n) is 1.68. The molecule has 86 valence electrons. The molecular formula is C9H14BrClN2OS.